The molecule has 0 aliphatic carbocycles. The van der Waals surface area contributed by atoms with E-state index in [4.69, 9.17) is 9.52 Å². The minimum atomic E-state index is -0.869. The molecule has 2 rings (SSSR count). The Morgan fingerprint density at radius 2 is 2.00 bits per heavy atom. The van der Waals surface area contributed by atoms with Crippen LogP contribution in [-0.4, -0.2) is 33.7 Å². The molecule has 1 aromatic carbocycles. The van der Waals surface area contributed by atoms with Crippen LogP contribution >= 0.6 is 0 Å². The lowest BCUT2D eigenvalue weighted by Gasteiger charge is -2.09. The number of aromatic nitrogens is 2. The summed E-state index contributed by atoms with van der Waals surface area (Å²) in [6, 6.07) is 9.40. The van der Waals surface area contributed by atoms with Gasteiger partial charge in [0.15, 0.2) is 0 Å². The number of benzene rings is 1. The lowest BCUT2D eigenvalue weighted by Crippen LogP contribution is -2.29. The molecule has 2 aromatic rings. The predicted molar refractivity (Wildman–Crippen MR) is 82.5 cm³/mol. The first kappa shape index (κ1) is 16.7. The second kappa shape index (κ2) is 8.07. The van der Waals surface area contributed by atoms with Gasteiger partial charge in [0.25, 0.3) is 0 Å². The van der Waals surface area contributed by atoms with Crippen LogP contribution in [0.1, 0.15) is 25.7 Å². The number of aryl methyl sites for hydroxylation is 1. The van der Waals surface area contributed by atoms with Crippen LogP contribution in [0.15, 0.2) is 34.7 Å². The number of amides is 1. The molecule has 0 aliphatic rings. The van der Waals surface area contributed by atoms with Crippen molar-refractivity contribution in [3.63, 3.8) is 0 Å². The molecule has 1 atom stereocenters. The Labute approximate surface area is 133 Å². The second-order valence-corrected chi connectivity index (χ2v) is 5.37. The third kappa shape index (κ3) is 5.54. The van der Waals surface area contributed by atoms with Gasteiger partial charge < -0.3 is 14.8 Å². The Balaban J connectivity index is 1.77. The second-order valence-electron chi connectivity index (χ2n) is 5.37. The Bertz CT molecular complexity index is 654. The number of carboxylic acids is 1. The molecule has 0 bridgehead atoms. The van der Waals surface area contributed by atoms with Crippen LogP contribution in [0.2, 0.25) is 0 Å². The molecular formula is C16H19N3O4. The Morgan fingerprint density at radius 1 is 1.26 bits per heavy atom. The molecule has 0 fully saturated rings. The molecule has 0 radical (unpaired) electrons. The Hall–Kier alpha value is -2.70. The van der Waals surface area contributed by atoms with Crippen LogP contribution in [0.25, 0.3) is 11.5 Å². The van der Waals surface area contributed by atoms with E-state index >= 15 is 0 Å². The van der Waals surface area contributed by atoms with E-state index in [1.165, 1.54) is 0 Å². The van der Waals surface area contributed by atoms with Gasteiger partial charge in [-0.15, -0.1) is 10.2 Å². The van der Waals surface area contributed by atoms with E-state index in [-0.39, 0.29) is 24.7 Å². The van der Waals surface area contributed by atoms with Gasteiger partial charge in [-0.3, -0.25) is 9.59 Å². The summed E-state index contributed by atoms with van der Waals surface area (Å²) in [5.41, 5.74) is 0.832. The molecule has 122 valence electrons. The molecule has 0 saturated heterocycles. The molecule has 7 nitrogen and oxygen atoms in total. The number of carbonyl (C=O) groups excluding carboxylic acids is 1. The summed E-state index contributed by atoms with van der Waals surface area (Å²) in [5, 5.41) is 19.2. The van der Waals surface area contributed by atoms with Gasteiger partial charge in [0.05, 0.1) is 0 Å². The lowest BCUT2D eigenvalue weighted by atomic mass is 10.1. The molecule has 0 saturated carbocycles. The Morgan fingerprint density at radius 3 is 2.70 bits per heavy atom. The normalized spacial score (nSPS) is 11.9. The van der Waals surface area contributed by atoms with Crippen molar-refractivity contribution in [1.29, 1.82) is 0 Å². The van der Waals surface area contributed by atoms with Crippen molar-refractivity contribution < 1.29 is 19.1 Å². The molecule has 7 heteroatoms. The van der Waals surface area contributed by atoms with Gasteiger partial charge in [-0.25, -0.2) is 0 Å². The molecule has 1 aromatic heterocycles. The first-order valence-electron chi connectivity index (χ1n) is 7.41. The van der Waals surface area contributed by atoms with Crippen molar-refractivity contribution in [2.24, 2.45) is 5.92 Å². The first-order chi connectivity index (χ1) is 11.0. The fourth-order valence-corrected chi connectivity index (χ4v) is 2.02. The van der Waals surface area contributed by atoms with Gasteiger partial charge in [-0.2, -0.15) is 0 Å². The van der Waals surface area contributed by atoms with Crippen molar-refractivity contribution in [2.45, 2.75) is 26.2 Å². The quantitative estimate of drug-likeness (QED) is 0.770. The highest BCUT2D eigenvalue weighted by molar-refractivity contribution is 5.76. The minimum absolute atomic E-state index is 0.0321. The highest BCUT2D eigenvalue weighted by Gasteiger charge is 2.12. The van der Waals surface area contributed by atoms with Gasteiger partial charge in [0.1, 0.15) is 0 Å². The van der Waals surface area contributed by atoms with Crippen LogP contribution < -0.4 is 5.32 Å². The molecular weight excluding hydrogens is 298 g/mol. The summed E-state index contributed by atoms with van der Waals surface area (Å²) in [4.78, 5) is 22.3. The van der Waals surface area contributed by atoms with Crippen molar-refractivity contribution in [3.05, 3.63) is 36.2 Å². The number of rotatable bonds is 8. The maximum Gasteiger partial charge on any atom is 0.303 e. The summed E-state index contributed by atoms with van der Waals surface area (Å²) >= 11 is 0. The summed E-state index contributed by atoms with van der Waals surface area (Å²) in [5.74, 6) is -0.314. The van der Waals surface area contributed by atoms with Crippen molar-refractivity contribution in [3.8, 4) is 11.5 Å². The molecule has 23 heavy (non-hydrogen) atoms. The largest absolute Gasteiger partial charge is 0.481 e. The number of carboxylic acid groups (broad SMARTS) is 1. The monoisotopic (exact) mass is 317 g/mol. The number of carbonyl (C=O) groups is 2. The van der Waals surface area contributed by atoms with E-state index in [9.17, 15) is 9.59 Å². The van der Waals surface area contributed by atoms with Crippen LogP contribution in [0, 0.1) is 5.92 Å². The lowest BCUT2D eigenvalue weighted by molar-refractivity contribution is -0.138. The standard InChI is InChI=1S/C16H19N3O4/c1-11(9-15(21)22)10-17-13(20)7-8-14-18-19-16(23-14)12-5-3-2-4-6-12/h2-6,11H,7-10H2,1H3,(H,17,20)(H,21,22). The van der Waals surface area contributed by atoms with E-state index in [0.29, 0.717) is 24.7 Å². The van der Waals surface area contributed by atoms with Crippen LogP contribution in [0.5, 0.6) is 0 Å². The number of hydrogen-bond acceptors (Lipinski definition) is 5. The predicted octanol–water partition coefficient (Wildman–Crippen LogP) is 1.90. The molecule has 1 amide bonds. The van der Waals surface area contributed by atoms with Crippen LogP contribution in [0.3, 0.4) is 0 Å². The van der Waals surface area contributed by atoms with E-state index < -0.39 is 5.97 Å². The van der Waals surface area contributed by atoms with Crippen molar-refractivity contribution in [1.82, 2.24) is 15.5 Å². The zero-order chi connectivity index (χ0) is 16.7. The number of nitrogens with zero attached hydrogens (tertiary/aromatic N) is 2. The van der Waals surface area contributed by atoms with Gasteiger partial charge in [0, 0.05) is 31.4 Å². The van der Waals surface area contributed by atoms with E-state index in [1.807, 2.05) is 30.3 Å². The molecule has 1 heterocycles. The van der Waals surface area contributed by atoms with E-state index in [0.717, 1.165) is 5.56 Å². The summed E-state index contributed by atoms with van der Waals surface area (Å²) in [6.45, 7) is 2.11. The molecule has 1 unspecified atom stereocenters. The Kier molecular flexibility index (Phi) is 5.85. The third-order valence-corrected chi connectivity index (χ3v) is 3.22. The number of hydrogen-bond donors (Lipinski definition) is 2. The van der Waals surface area contributed by atoms with Crippen molar-refractivity contribution in [2.75, 3.05) is 6.54 Å². The average molecular weight is 317 g/mol. The summed E-state index contributed by atoms with van der Waals surface area (Å²) < 4.78 is 5.52. The van der Waals surface area contributed by atoms with Crippen molar-refractivity contribution >= 4 is 11.9 Å². The number of aliphatic carboxylic acids is 1. The molecule has 2 N–H and O–H groups in total. The van der Waals surface area contributed by atoms with E-state index in [1.54, 1.807) is 6.92 Å². The topological polar surface area (TPSA) is 105 Å². The van der Waals surface area contributed by atoms with Gasteiger partial charge >= 0.3 is 5.97 Å². The molecule has 0 aliphatic heterocycles. The fourth-order valence-electron chi connectivity index (χ4n) is 2.02. The SMILES string of the molecule is CC(CNC(=O)CCc1nnc(-c2ccccc2)o1)CC(=O)O. The maximum atomic E-state index is 11.7. The highest BCUT2D eigenvalue weighted by Crippen LogP contribution is 2.17. The first-order valence-corrected chi connectivity index (χ1v) is 7.41. The molecule has 0 spiro atoms. The summed E-state index contributed by atoms with van der Waals surface area (Å²) in [7, 11) is 0. The third-order valence-electron chi connectivity index (χ3n) is 3.22. The number of nitrogens with one attached hydrogen (secondary N) is 1. The smallest absolute Gasteiger partial charge is 0.303 e. The fraction of sp³-hybridized carbons (Fsp3) is 0.375. The summed E-state index contributed by atoms with van der Waals surface area (Å²) in [6.07, 6.45) is 0.597. The zero-order valence-corrected chi connectivity index (χ0v) is 12.9. The zero-order valence-electron chi connectivity index (χ0n) is 12.9. The van der Waals surface area contributed by atoms with Gasteiger partial charge in [-0.1, -0.05) is 25.1 Å². The average Bonchev–Trinajstić information content (AvgIpc) is 3.00. The van der Waals surface area contributed by atoms with E-state index in [2.05, 4.69) is 15.5 Å². The highest BCUT2D eigenvalue weighted by atomic mass is 16.4. The van der Waals surface area contributed by atoms with Gasteiger partial charge in [-0.05, 0) is 18.1 Å². The van der Waals surface area contributed by atoms with Crippen LogP contribution in [0.4, 0.5) is 0 Å². The van der Waals surface area contributed by atoms with Gasteiger partial charge in [0.2, 0.25) is 17.7 Å². The minimum Gasteiger partial charge on any atom is -0.481 e. The maximum absolute atomic E-state index is 11.7. The van der Waals surface area contributed by atoms with Crippen LogP contribution in [-0.2, 0) is 16.0 Å².